The standard InChI is InChI=1S/C20H26BrN3O/c1-13(25)18-11-22-19-9-6-15(21)10-17(19)20(18)23-16-7-4-14(5-8-16)12-24(2)3/h6,9-11,14,16H,4-5,7-8,12H2,1-3H3,(H,22,23)/t14-,16-. The Morgan fingerprint density at radius 2 is 2.00 bits per heavy atom. The number of hydrogen-bond acceptors (Lipinski definition) is 4. The average Bonchev–Trinajstić information content (AvgIpc) is 2.56. The van der Waals surface area contributed by atoms with Gasteiger partial charge in [0.2, 0.25) is 0 Å². The Balaban J connectivity index is 1.84. The van der Waals surface area contributed by atoms with Crippen molar-refractivity contribution in [3.05, 3.63) is 34.4 Å². The Morgan fingerprint density at radius 1 is 1.28 bits per heavy atom. The third-order valence-corrected chi connectivity index (χ3v) is 5.52. The van der Waals surface area contributed by atoms with Gasteiger partial charge in [-0.1, -0.05) is 15.9 Å². The van der Waals surface area contributed by atoms with Crippen molar-refractivity contribution in [1.29, 1.82) is 0 Å². The molecular weight excluding hydrogens is 378 g/mol. The van der Waals surface area contributed by atoms with Crippen LogP contribution in [0, 0.1) is 5.92 Å². The fourth-order valence-corrected chi connectivity index (χ4v) is 4.16. The molecule has 0 atom stereocenters. The number of hydrogen-bond donors (Lipinski definition) is 1. The Kier molecular flexibility index (Phi) is 5.74. The lowest BCUT2D eigenvalue weighted by atomic mass is 9.85. The van der Waals surface area contributed by atoms with E-state index in [0.29, 0.717) is 11.6 Å². The first kappa shape index (κ1) is 18.3. The van der Waals surface area contributed by atoms with Gasteiger partial charge in [0.25, 0.3) is 0 Å². The minimum absolute atomic E-state index is 0.0539. The highest BCUT2D eigenvalue weighted by molar-refractivity contribution is 9.10. The maximum Gasteiger partial charge on any atom is 0.163 e. The molecule has 0 aliphatic heterocycles. The molecule has 1 aliphatic rings. The summed E-state index contributed by atoms with van der Waals surface area (Å²) in [5.41, 5.74) is 2.54. The summed E-state index contributed by atoms with van der Waals surface area (Å²) in [6.07, 6.45) is 6.47. The molecule has 0 unspecified atom stereocenters. The Bertz CT molecular complexity index is 767. The highest BCUT2D eigenvalue weighted by atomic mass is 79.9. The van der Waals surface area contributed by atoms with Crippen LogP contribution in [0.15, 0.2) is 28.9 Å². The van der Waals surface area contributed by atoms with Gasteiger partial charge in [0.15, 0.2) is 5.78 Å². The number of carbonyl (C=O) groups excluding carboxylic acids is 1. The highest BCUT2D eigenvalue weighted by Gasteiger charge is 2.23. The molecule has 25 heavy (non-hydrogen) atoms. The Morgan fingerprint density at radius 3 is 2.64 bits per heavy atom. The Labute approximate surface area is 158 Å². The van der Waals surface area contributed by atoms with Crippen LogP contribution in [0.4, 0.5) is 5.69 Å². The maximum atomic E-state index is 12.1. The van der Waals surface area contributed by atoms with Crippen LogP contribution in [0.25, 0.3) is 10.9 Å². The molecule has 1 N–H and O–H groups in total. The fraction of sp³-hybridized carbons (Fsp3) is 0.500. The van der Waals surface area contributed by atoms with Crippen LogP contribution >= 0.6 is 15.9 Å². The van der Waals surface area contributed by atoms with Crippen molar-refractivity contribution < 1.29 is 4.79 Å². The van der Waals surface area contributed by atoms with Crippen molar-refractivity contribution in [2.75, 3.05) is 26.0 Å². The topological polar surface area (TPSA) is 45.2 Å². The highest BCUT2D eigenvalue weighted by Crippen LogP contribution is 2.33. The lowest BCUT2D eigenvalue weighted by molar-refractivity contribution is 0.101. The zero-order valence-electron chi connectivity index (χ0n) is 15.2. The number of rotatable bonds is 5. The molecule has 1 saturated carbocycles. The first-order valence-electron chi connectivity index (χ1n) is 8.94. The average molecular weight is 404 g/mol. The molecule has 3 rings (SSSR count). The van der Waals surface area contributed by atoms with E-state index in [4.69, 9.17) is 0 Å². The van der Waals surface area contributed by atoms with Crippen molar-refractivity contribution in [1.82, 2.24) is 9.88 Å². The molecular formula is C20H26BrN3O. The van der Waals surface area contributed by atoms with E-state index in [1.54, 1.807) is 13.1 Å². The molecule has 1 heterocycles. The number of nitrogens with one attached hydrogen (secondary N) is 1. The van der Waals surface area contributed by atoms with Gasteiger partial charge in [0.05, 0.1) is 16.8 Å². The lowest BCUT2D eigenvalue weighted by Gasteiger charge is -2.32. The monoisotopic (exact) mass is 403 g/mol. The number of ketones is 1. The molecule has 0 amide bonds. The second kappa shape index (κ2) is 7.83. The molecule has 0 radical (unpaired) electrons. The van der Waals surface area contributed by atoms with Crippen LogP contribution in [-0.2, 0) is 0 Å². The van der Waals surface area contributed by atoms with E-state index in [2.05, 4.69) is 51.3 Å². The van der Waals surface area contributed by atoms with Crippen molar-refractivity contribution in [2.24, 2.45) is 5.92 Å². The van der Waals surface area contributed by atoms with Crippen molar-refractivity contribution >= 4 is 38.3 Å². The zero-order chi connectivity index (χ0) is 18.0. The minimum atomic E-state index is 0.0539. The second-order valence-electron chi connectivity index (χ2n) is 7.39. The Hall–Kier alpha value is -1.46. The van der Waals surface area contributed by atoms with E-state index in [1.165, 1.54) is 12.8 Å². The number of carbonyl (C=O) groups is 1. The number of nitrogens with zero attached hydrogens (tertiary/aromatic N) is 2. The van der Waals surface area contributed by atoms with E-state index >= 15 is 0 Å². The molecule has 1 aromatic carbocycles. The number of benzene rings is 1. The quantitative estimate of drug-likeness (QED) is 0.732. The van der Waals surface area contributed by atoms with Crippen LogP contribution in [-0.4, -0.2) is 42.3 Å². The van der Waals surface area contributed by atoms with Gasteiger partial charge in [-0.15, -0.1) is 0 Å². The maximum absolute atomic E-state index is 12.1. The third kappa shape index (κ3) is 4.39. The third-order valence-electron chi connectivity index (χ3n) is 5.03. The largest absolute Gasteiger partial charge is 0.381 e. The van der Waals surface area contributed by atoms with Gasteiger partial charge < -0.3 is 10.2 Å². The molecule has 1 aliphatic carbocycles. The number of fused-ring (bicyclic) bond motifs is 1. The fourth-order valence-electron chi connectivity index (χ4n) is 3.80. The van der Waals surface area contributed by atoms with Crippen LogP contribution in [0.1, 0.15) is 43.0 Å². The van der Waals surface area contributed by atoms with E-state index in [1.807, 2.05) is 12.1 Å². The summed E-state index contributed by atoms with van der Waals surface area (Å²) >= 11 is 3.54. The van der Waals surface area contributed by atoms with Crippen LogP contribution < -0.4 is 5.32 Å². The normalized spacial score (nSPS) is 20.8. The molecule has 0 saturated heterocycles. The number of aromatic nitrogens is 1. The summed E-state index contributed by atoms with van der Waals surface area (Å²) in [6, 6.07) is 6.44. The van der Waals surface area contributed by atoms with Gasteiger partial charge in [0, 0.05) is 28.6 Å². The summed E-state index contributed by atoms with van der Waals surface area (Å²) in [5, 5.41) is 4.69. The number of pyridine rings is 1. The minimum Gasteiger partial charge on any atom is -0.381 e. The molecule has 0 spiro atoms. The van der Waals surface area contributed by atoms with Crippen molar-refractivity contribution in [3.8, 4) is 0 Å². The predicted molar refractivity (Wildman–Crippen MR) is 107 cm³/mol. The van der Waals surface area contributed by atoms with E-state index < -0.39 is 0 Å². The van der Waals surface area contributed by atoms with Crippen LogP contribution in [0.3, 0.4) is 0 Å². The van der Waals surface area contributed by atoms with Gasteiger partial charge in [-0.3, -0.25) is 9.78 Å². The van der Waals surface area contributed by atoms with Crippen LogP contribution in [0.5, 0.6) is 0 Å². The number of anilines is 1. The molecule has 0 bridgehead atoms. The molecule has 134 valence electrons. The molecule has 4 nitrogen and oxygen atoms in total. The zero-order valence-corrected chi connectivity index (χ0v) is 16.8. The van der Waals surface area contributed by atoms with Gasteiger partial charge in [0.1, 0.15) is 0 Å². The second-order valence-corrected chi connectivity index (χ2v) is 8.30. The first-order chi connectivity index (χ1) is 11.9. The lowest BCUT2D eigenvalue weighted by Crippen LogP contribution is -2.31. The molecule has 1 fully saturated rings. The SMILES string of the molecule is CC(=O)c1cnc2ccc(Br)cc2c1N[C@H]1CC[C@H](CN(C)C)CC1. The summed E-state index contributed by atoms with van der Waals surface area (Å²) in [7, 11) is 4.29. The first-order valence-corrected chi connectivity index (χ1v) is 9.74. The molecule has 5 heteroatoms. The number of halogens is 1. The van der Waals surface area contributed by atoms with Crippen LogP contribution in [0.2, 0.25) is 0 Å². The summed E-state index contributed by atoms with van der Waals surface area (Å²) in [5.74, 6) is 0.835. The molecule has 2 aromatic rings. The van der Waals surface area contributed by atoms with Crippen molar-refractivity contribution in [2.45, 2.75) is 38.6 Å². The summed E-state index contributed by atoms with van der Waals surface area (Å²) in [4.78, 5) is 18.8. The van der Waals surface area contributed by atoms with E-state index in [0.717, 1.165) is 46.4 Å². The van der Waals surface area contributed by atoms with Gasteiger partial charge in [-0.2, -0.15) is 0 Å². The van der Waals surface area contributed by atoms with Crippen molar-refractivity contribution in [3.63, 3.8) is 0 Å². The predicted octanol–water partition coefficient (Wildman–Crippen LogP) is 4.73. The van der Waals surface area contributed by atoms with Gasteiger partial charge in [-0.05, 0) is 70.8 Å². The number of Topliss-reactive ketones (excluding diaryl/α,β-unsaturated/α-hetero) is 1. The van der Waals surface area contributed by atoms with E-state index in [-0.39, 0.29) is 5.78 Å². The van der Waals surface area contributed by atoms with Gasteiger partial charge >= 0.3 is 0 Å². The smallest absolute Gasteiger partial charge is 0.163 e. The van der Waals surface area contributed by atoms with E-state index in [9.17, 15) is 4.79 Å². The summed E-state index contributed by atoms with van der Waals surface area (Å²) in [6.45, 7) is 2.77. The molecule has 1 aromatic heterocycles. The van der Waals surface area contributed by atoms with Gasteiger partial charge in [-0.25, -0.2) is 0 Å². The summed E-state index contributed by atoms with van der Waals surface area (Å²) < 4.78 is 1.00.